The largest absolute Gasteiger partial charge is 0.352 e. The zero-order chi connectivity index (χ0) is 23.4. The molecule has 2 atom stereocenters. The van der Waals surface area contributed by atoms with Gasteiger partial charge in [0.1, 0.15) is 11.9 Å². The smallest absolute Gasteiger partial charge is 0.307 e. The Morgan fingerprint density at radius 2 is 1.27 bits per heavy atom. The first-order chi connectivity index (χ1) is 16.2. The SMILES string of the molecule is CCCOP(=O)(OCCC)C(NC(/N=C/c1ccccc1)c1ccccc1)c1ccccc1. The van der Waals surface area contributed by atoms with Gasteiger partial charge in [0.2, 0.25) is 0 Å². The van der Waals surface area contributed by atoms with Crippen molar-refractivity contribution in [3.05, 3.63) is 108 Å². The van der Waals surface area contributed by atoms with Crippen LogP contribution in [0.1, 0.15) is 55.3 Å². The average Bonchev–Trinajstić information content (AvgIpc) is 2.88. The van der Waals surface area contributed by atoms with Gasteiger partial charge >= 0.3 is 7.60 Å². The van der Waals surface area contributed by atoms with E-state index >= 15 is 0 Å². The first-order valence-electron chi connectivity index (χ1n) is 11.5. The van der Waals surface area contributed by atoms with E-state index in [9.17, 15) is 4.57 Å². The fraction of sp³-hybridized carbons (Fsp3) is 0.296. The van der Waals surface area contributed by atoms with E-state index in [4.69, 9.17) is 14.0 Å². The minimum Gasteiger partial charge on any atom is -0.307 e. The predicted molar refractivity (Wildman–Crippen MR) is 136 cm³/mol. The lowest BCUT2D eigenvalue weighted by Gasteiger charge is -2.30. The summed E-state index contributed by atoms with van der Waals surface area (Å²) in [5.41, 5.74) is 2.79. The molecular formula is C27H33N2O3P. The average molecular weight is 465 g/mol. The summed E-state index contributed by atoms with van der Waals surface area (Å²) in [6.45, 7) is 4.70. The van der Waals surface area contributed by atoms with Crippen LogP contribution >= 0.6 is 7.60 Å². The van der Waals surface area contributed by atoms with Crippen LogP contribution in [0.5, 0.6) is 0 Å². The van der Waals surface area contributed by atoms with Gasteiger partial charge in [-0.3, -0.25) is 14.9 Å². The molecule has 0 radical (unpaired) electrons. The molecule has 3 aromatic carbocycles. The van der Waals surface area contributed by atoms with Gasteiger partial charge in [0, 0.05) is 6.21 Å². The Morgan fingerprint density at radius 1 is 0.788 bits per heavy atom. The molecule has 2 unspecified atom stereocenters. The van der Waals surface area contributed by atoms with Crippen LogP contribution in [0.25, 0.3) is 0 Å². The van der Waals surface area contributed by atoms with Crippen molar-refractivity contribution in [2.24, 2.45) is 4.99 Å². The third-order valence-electron chi connectivity index (χ3n) is 4.99. The highest BCUT2D eigenvalue weighted by Gasteiger charge is 2.38. The molecule has 3 aromatic rings. The first-order valence-corrected chi connectivity index (χ1v) is 13.1. The molecule has 0 aromatic heterocycles. The van der Waals surface area contributed by atoms with Crippen LogP contribution in [0.15, 0.2) is 96.0 Å². The monoisotopic (exact) mass is 464 g/mol. The zero-order valence-electron chi connectivity index (χ0n) is 19.3. The summed E-state index contributed by atoms with van der Waals surface area (Å²) in [5.74, 6) is -0.671. The van der Waals surface area contributed by atoms with Gasteiger partial charge < -0.3 is 9.05 Å². The minimum atomic E-state index is -3.54. The Morgan fingerprint density at radius 3 is 1.79 bits per heavy atom. The van der Waals surface area contributed by atoms with Crippen molar-refractivity contribution in [2.45, 2.75) is 38.6 Å². The molecular weight excluding hydrogens is 431 g/mol. The van der Waals surface area contributed by atoms with Crippen LogP contribution in [0.2, 0.25) is 0 Å². The van der Waals surface area contributed by atoms with Gasteiger partial charge in [-0.25, -0.2) is 0 Å². The van der Waals surface area contributed by atoms with Crippen molar-refractivity contribution >= 4 is 13.8 Å². The Bertz CT molecular complexity index is 1000. The standard InChI is InChI=1S/C27H33N2O3P/c1-3-20-31-33(30,32-21-4-2)27(25-18-12-7-13-19-25)29-26(24-16-10-6-11-17-24)28-22-23-14-8-5-9-15-23/h5-19,22,26-27,29H,3-4,20-21H2,1-2H3/b28-22+. The minimum absolute atomic E-state index is 0.356. The molecule has 5 nitrogen and oxygen atoms in total. The van der Waals surface area contributed by atoms with Crippen molar-refractivity contribution in [1.82, 2.24) is 5.32 Å². The maximum absolute atomic E-state index is 14.1. The molecule has 3 rings (SSSR count). The summed E-state index contributed by atoms with van der Waals surface area (Å²) < 4.78 is 25.9. The van der Waals surface area contributed by atoms with Crippen molar-refractivity contribution in [2.75, 3.05) is 13.2 Å². The quantitative estimate of drug-likeness (QED) is 0.216. The number of hydrogen-bond acceptors (Lipinski definition) is 5. The fourth-order valence-corrected chi connectivity index (χ4v) is 5.45. The van der Waals surface area contributed by atoms with E-state index in [-0.39, 0.29) is 0 Å². The summed E-state index contributed by atoms with van der Waals surface area (Å²) in [5, 5.41) is 3.50. The fourth-order valence-electron chi connectivity index (χ4n) is 3.34. The molecule has 0 saturated carbocycles. The van der Waals surface area contributed by atoms with Crippen LogP contribution in [-0.4, -0.2) is 19.4 Å². The molecule has 0 bridgehead atoms. The van der Waals surface area contributed by atoms with Crippen molar-refractivity contribution in [3.63, 3.8) is 0 Å². The lowest BCUT2D eigenvalue weighted by Crippen LogP contribution is -2.27. The van der Waals surface area contributed by atoms with E-state index in [2.05, 4.69) is 5.32 Å². The van der Waals surface area contributed by atoms with E-state index in [1.807, 2.05) is 111 Å². The molecule has 0 spiro atoms. The van der Waals surface area contributed by atoms with Gasteiger partial charge in [0.05, 0.1) is 13.2 Å². The van der Waals surface area contributed by atoms with Crippen molar-refractivity contribution in [3.8, 4) is 0 Å². The summed E-state index contributed by atoms with van der Waals surface area (Å²) >= 11 is 0. The van der Waals surface area contributed by atoms with Gasteiger partial charge in [-0.1, -0.05) is 105 Å². The topological polar surface area (TPSA) is 59.9 Å². The molecule has 0 aliphatic rings. The molecule has 174 valence electrons. The van der Waals surface area contributed by atoms with Gasteiger partial charge in [0.25, 0.3) is 0 Å². The maximum atomic E-state index is 14.1. The third-order valence-corrected chi connectivity index (χ3v) is 7.15. The molecule has 0 saturated heterocycles. The number of benzene rings is 3. The Hall–Kier alpha value is -2.56. The van der Waals surface area contributed by atoms with Crippen LogP contribution < -0.4 is 5.32 Å². The molecule has 0 heterocycles. The van der Waals surface area contributed by atoms with Gasteiger partial charge in [-0.15, -0.1) is 0 Å². The lowest BCUT2D eigenvalue weighted by molar-refractivity contribution is 0.191. The number of aliphatic imine (C=N–C) groups is 1. The lowest BCUT2D eigenvalue weighted by atomic mass is 10.1. The molecule has 1 N–H and O–H groups in total. The highest BCUT2D eigenvalue weighted by molar-refractivity contribution is 7.54. The van der Waals surface area contributed by atoms with Crippen LogP contribution in [0, 0.1) is 0 Å². The van der Waals surface area contributed by atoms with Crippen molar-refractivity contribution in [1.29, 1.82) is 0 Å². The summed E-state index contributed by atoms with van der Waals surface area (Å²) in [6, 6.07) is 29.5. The summed E-state index contributed by atoms with van der Waals surface area (Å²) in [7, 11) is -3.54. The number of nitrogens with one attached hydrogen (secondary N) is 1. The second kappa shape index (κ2) is 13.2. The van der Waals surface area contributed by atoms with Crippen LogP contribution in [-0.2, 0) is 13.6 Å². The Labute approximate surface area is 197 Å². The summed E-state index contributed by atoms with van der Waals surface area (Å²) in [4.78, 5) is 4.84. The second-order valence-electron chi connectivity index (χ2n) is 7.69. The number of nitrogens with zero attached hydrogens (tertiary/aromatic N) is 1. The highest BCUT2D eigenvalue weighted by atomic mass is 31.2. The van der Waals surface area contributed by atoms with Crippen molar-refractivity contribution < 1.29 is 13.6 Å². The highest BCUT2D eigenvalue weighted by Crippen LogP contribution is 2.60. The van der Waals surface area contributed by atoms with Crippen LogP contribution in [0.4, 0.5) is 0 Å². The first kappa shape index (κ1) is 25.1. The van der Waals surface area contributed by atoms with E-state index in [1.54, 1.807) is 0 Å². The predicted octanol–water partition coefficient (Wildman–Crippen LogP) is 7.14. The normalized spacial score (nSPS) is 13.8. The maximum Gasteiger partial charge on any atom is 0.352 e. The molecule has 0 aliphatic carbocycles. The number of rotatable bonds is 13. The van der Waals surface area contributed by atoms with E-state index in [0.717, 1.165) is 29.5 Å². The zero-order valence-corrected chi connectivity index (χ0v) is 20.2. The van der Waals surface area contributed by atoms with E-state index < -0.39 is 19.5 Å². The molecule has 6 heteroatoms. The van der Waals surface area contributed by atoms with Gasteiger partial charge in [0.15, 0.2) is 0 Å². The molecule has 0 amide bonds. The third kappa shape index (κ3) is 7.48. The second-order valence-corrected chi connectivity index (χ2v) is 9.80. The van der Waals surface area contributed by atoms with Gasteiger partial charge in [-0.05, 0) is 29.5 Å². The summed E-state index contributed by atoms with van der Waals surface area (Å²) in [6.07, 6.45) is 2.88. The Kier molecular flexibility index (Phi) is 10.0. The Balaban J connectivity index is 2.00. The number of hydrogen-bond donors (Lipinski definition) is 1. The van der Waals surface area contributed by atoms with Crippen LogP contribution in [0.3, 0.4) is 0 Å². The molecule has 0 fully saturated rings. The van der Waals surface area contributed by atoms with E-state index in [0.29, 0.717) is 13.2 Å². The van der Waals surface area contributed by atoms with Gasteiger partial charge in [-0.2, -0.15) is 0 Å². The van der Waals surface area contributed by atoms with E-state index in [1.165, 1.54) is 0 Å². The molecule has 33 heavy (non-hydrogen) atoms. The molecule has 0 aliphatic heterocycles.